The largest absolute Gasteiger partial charge is 0.366 e. The number of nitrogens with one attached hydrogen (secondary N) is 2. The maximum absolute atomic E-state index is 11.8. The zero-order chi connectivity index (χ0) is 13.8. The van der Waals surface area contributed by atoms with Crippen LogP contribution in [0.25, 0.3) is 0 Å². The van der Waals surface area contributed by atoms with Crippen molar-refractivity contribution in [1.29, 1.82) is 0 Å². The van der Waals surface area contributed by atoms with Gasteiger partial charge in [0.1, 0.15) is 5.69 Å². The molecule has 2 amide bonds. The van der Waals surface area contributed by atoms with Gasteiger partial charge in [0, 0.05) is 11.8 Å². The number of aromatic nitrogens is 1. The molecule has 5 heteroatoms. The maximum Gasteiger partial charge on any atom is 0.268 e. The fraction of sp³-hybridized carbons (Fsp3) is 0.143. The van der Waals surface area contributed by atoms with E-state index in [1.807, 2.05) is 6.92 Å². The summed E-state index contributed by atoms with van der Waals surface area (Å²) < 4.78 is 0. The Morgan fingerprint density at radius 1 is 1.21 bits per heavy atom. The second-order valence-electron chi connectivity index (χ2n) is 4.27. The molecule has 2 aromatic rings. The van der Waals surface area contributed by atoms with E-state index in [9.17, 15) is 9.59 Å². The fourth-order valence-corrected chi connectivity index (χ4v) is 1.77. The molecule has 2 rings (SSSR count). The first kappa shape index (κ1) is 12.9. The number of carbonyl (C=O) groups excluding carboxylic acids is 2. The van der Waals surface area contributed by atoms with Crippen LogP contribution in [0.3, 0.4) is 0 Å². The van der Waals surface area contributed by atoms with E-state index >= 15 is 0 Å². The second kappa shape index (κ2) is 5.39. The molecule has 98 valence electrons. The minimum atomic E-state index is -0.463. The number of benzene rings is 1. The molecule has 4 N–H and O–H groups in total. The summed E-state index contributed by atoms with van der Waals surface area (Å²) in [6, 6.07) is 10.2. The molecule has 0 bridgehead atoms. The Morgan fingerprint density at radius 2 is 1.89 bits per heavy atom. The van der Waals surface area contributed by atoms with Gasteiger partial charge in [-0.1, -0.05) is 12.1 Å². The fourth-order valence-electron chi connectivity index (χ4n) is 1.77. The molecule has 0 spiro atoms. The molecule has 1 atom stereocenters. The molecule has 0 aliphatic rings. The predicted molar refractivity (Wildman–Crippen MR) is 71.6 cm³/mol. The van der Waals surface area contributed by atoms with Crippen molar-refractivity contribution in [3.05, 3.63) is 59.4 Å². The van der Waals surface area contributed by atoms with Gasteiger partial charge in [-0.2, -0.15) is 0 Å². The normalized spacial score (nSPS) is 11.8. The van der Waals surface area contributed by atoms with Crippen LogP contribution in [0.1, 0.15) is 39.4 Å². The average Bonchev–Trinajstić information content (AvgIpc) is 2.92. The van der Waals surface area contributed by atoms with Crippen molar-refractivity contribution in [1.82, 2.24) is 10.3 Å². The number of hydrogen-bond donors (Lipinski definition) is 3. The Balaban J connectivity index is 2.05. The zero-order valence-electron chi connectivity index (χ0n) is 10.5. The van der Waals surface area contributed by atoms with Crippen LogP contribution in [0.15, 0.2) is 42.6 Å². The Hall–Kier alpha value is -2.56. The minimum absolute atomic E-state index is 0.155. The van der Waals surface area contributed by atoms with E-state index in [0.717, 1.165) is 5.56 Å². The molecule has 0 saturated heterocycles. The molecule has 0 aliphatic carbocycles. The van der Waals surface area contributed by atoms with Crippen LogP contribution in [-0.2, 0) is 0 Å². The number of primary amides is 1. The summed E-state index contributed by atoms with van der Waals surface area (Å²) in [5.74, 6) is -0.633. The van der Waals surface area contributed by atoms with Gasteiger partial charge in [0.15, 0.2) is 0 Å². The molecule has 1 heterocycles. The van der Waals surface area contributed by atoms with Crippen LogP contribution in [0.5, 0.6) is 0 Å². The van der Waals surface area contributed by atoms with Gasteiger partial charge in [-0.3, -0.25) is 9.59 Å². The van der Waals surface area contributed by atoms with E-state index in [1.54, 1.807) is 42.6 Å². The molecule has 0 saturated carbocycles. The van der Waals surface area contributed by atoms with Crippen LogP contribution in [-0.4, -0.2) is 16.8 Å². The van der Waals surface area contributed by atoms with Gasteiger partial charge < -0.3 is 16.0 Å². The van der Waals surface area contributed by atoms with Crippen molar-refractivity contribution in [3.8, 4) is 0 Å². The standard InChI is InChI=1S/C14H15N3O2/c1-9(17-14(19)12-3-2-8-16-12)10-4-6-11(7-5-10)13(15)18/h2-9,16H,1H3,(H2,15,18)(H,17,19). The van der Waals surface area contributed by atoms with Crippen molar-refractivity contribution in [2.45, 2.75) is 13.0 Å². The van der Waals surface area contributed by atoms with Gasteiger partial charge in [0.25, 0.3) is 5.91 Å². The maximum atomic E-state index is 11.8. The topological polar surface area (TPSA) is 88.0 Å². The summed E-state index contributed by atoms with van der Waals surface area (Å²) in [7, 11) is 0. The molecular weight excluding hydrogens is 242 g/mol. The lowest BCUT2D eigenvalue weighted by atomic mass is 10.1. The Kier molecular flexibility index (Phi) is 3.66. The monoisotopic (exact) mass is 257 g/mol. The van der Waals surface area contributed by atoms with E-state index in [1.165, 1.54) is 0 Å². The number of aromatic amines is 1. The van der Waals surface area contributed by atoms with Gasteiger partial charge in [0.05, 0.1) is 6.04 Å². The van der Waals surface area contributed by atoms with Gasteiger partial charge in [-0.15, -0.1) is 0 Å². The van der Waals surface area contributed by atoms with Crippen molar-refractivity contribution >= 4 is 11.8 Å². The Labute approximate surface area is 110 Å². The van der Waals surface area contributed by atoms with E-state index in [-0.39, 0.29) is 11.9 Å². The molecule has 19 heavy (non-hydrogen) atoms. The molecule has 0 fully saturated rings. The first-order valence-electron chi connectivity index (χ1n) is 5.92. The highest BCUT2D eigenvalue weighted by atomic mass is 16.2. The lowest BCUT2D eigenvalue weighted by Crippen LogP contribution is -2.26. The van der Waals surface area contributed by atoms with Crippen LogP contribution >= 0.6 is 0 Å². The number of hydrogen-bond acceptors (Lipinski definition) is 2. The molecule has 0 radical (unpaired) electrons. The van der Waals surface area contributed by atoms with Gasteiger partial charge in [0.2, 0.25) is 5.91 Å². The van der Waals surface area contributed by atoms with Gasteiger partial charge in [-0.05, 0) is 36.8 Å². The lowest BCUT2D eigenvalue weighted by molar-refractivity contribution is 0.0934. The third kappa shape index (κ3) is 3.01. The number of rotatable bonds is 4. The molecule has 1 aromatic heterocycles. The van der Waals surface area contributed by atoms with Crippen molar-refractivity contribution in [2.75, 3.05) is 0 Å². The number of carbonyl (C=O) groups is 2. The quantitative estimate of drug-likeness (QED) is 0.776. The van der Waals surface area contributed by atoms with Crippen LogP contribution < -0.4 is 11.1 Å². The highest BCUT2D eigenvalue weighted by Crippen LogP contribution is 2.13. The summed E-state index contributed by atoms with van der Waals surface area (Å²) in [6.45, 7) is 1.88. The zero-order valence-corrected chi connectivity index (χ0v) is 10.5. The third-order valence-corrected chi connectivity index (χ3v) is 2.89. The first-order chi connectivity index (χ1) is 9.08. The third-order valence-electron chi connectivity index (χ3n) is 2.89. The lowest BCUT2D eigenvalue weighted by Gasteiger charge is -2.14. The van der Waals surface area contributed by atoms with Crippen LogP contribution in [0.4, 0.5) is 0 Å². The van der Waals surface area contributed by atoms with Crippen molar-refractivity contribution in [3.63, 3.8) is 0 Å². The van der Waals surface area contributed by atoms with Crippen LogP contribution in [0, 0.1) is 0 Å². The minimum Gasteiger partial charge on any atom is -0.366 e. The molecule has 1 unspecified atom stereocenters. The predicted octanol–water partition coefficient (Wildman–Crippen LogP) is 1.60. The summed E-state index contributed by atoms with van der Waals surface area (Å²) >= 11 is 0. The average molecular weight is 257 g/mol. The van der Waals surface area contributed by atoms with Gasteiger partial charge >= 0.3 is 0 Å². The summed E-state index contributed by atoms with van der Waals surface area (Å²) in [5.41, 5.74) is 7.04. The number of nitrogens with two attached hydrogens (primary N) is 1. The second-order valence-corrected chi connectivity index (χ2v) is 4.27. The Bertz CT molecular complexity index is 573. The Morgan fingerprint density at radius 3 is 2.42 bits per heavy atom. The number of amides is 2. The highest BCUT2D eigenvalue weighted by Gasteiger charge is 2.12. The molecule has 5 nitrogen and oxygen atoms in total. The molecule has 0 aliphatic heterocycles. The SMILES string of the molecule is CC(NC(=O)c1ccc[nH]1)c1ccc(C(N)=O)cc1. The summed E-state index contributed by atoms with van der Waals surface area (Å²) in [6.07, 6.45) is 1.70. The first-order valence-corrected chi connectivity index (χ1v) is 5.92. The number of H-pyrrole nitrogens is 1. The van der Waals surface area contributed by atoms with E-state index in [0.29, 0.717) is 11.3 Å². The van der Waals surface area contributed by atoms with Gasteiger partial charge in [-0.25, -0.2) is 0 Å². The van der Waals surface area contributed by atoms with E-state index in [4.69, 9.17) is 5.73 Å². The van der Waals surface area contributed by atoms with E-state index in [2.05, 4.69) is 10.3 Å². The highest BCUT2D eigenvalue weighted by molar-refractivity contribution is 5.93. The van der Waals surface area contributed by atoms with Crippen LogP contribution in [0.2, 0.25) is 0 Å². The smallest absolute Gasteiger partial charge is 0.268 e. The molecule has 1 aromatic carbocycles. The van der Waals surface area contributed by atoms with E-state index < -0.39 is 5.91 Å². The van der Waals surface area contributed by atoms with Crippen molar-refractivity contribution in [2.24, 2.45) is 5.73 Å². The van der Waals surface area contributed by atoms with Crippen molar-refractivity contribution < 1.29 is 9.59 Å². The summed E-state index contributed by atoms with van der Waals surface area (Å²) in [4.78, 5) is 25.7. The summed E-state index contributed by atoms with van der Waals surface area (Å²) in [5, 5.41) is 2.86. The molecular formula is C14H15N3O2.